The summed E-state index contributed by atoms with van der Waals surface area (Å²) in [5.41, 5.74) is -1.73. The number of hydrogen-bond donors (Lipinski definition) is 0. The lowest BCUT2D eigenvalue weighted by Crippen LogP contribution is -1.94. The van der Waals surface area contributed by atoms with Crippen LogP contribution in [0.3, 0.4) is 0 Å². The zero-order chi connectivity index (χ0) is 9.14. The monoisotopic (exact) mass is 192 g/mol. The second-order valence-electron chi connectivity index (χ2n) is 2.16. The van der Waals surface area contributed by atoms with E-state index in [-0.39, 0.29) is 11.3 Å². The standard InChI is InChI=1S/C8H7ClF2O/c1-12-7-5(8(9)11)3-2-4-6(7)10/h2-4,8H,1H3. The van der Waals surface area contributed by atoms with Crippen molar-refractivity contribution < 1.29 is 13.5 Å². The van der Waals surface area contributed by atoms with E-state index in [0.29, 0.717) is 0 Å². The lowest BCUT2D eigenvalue weighted by Gasteiger charge is -2.07. The molecule has 0 aliphatic rings. The van der Waals surface area contributed by atoms with E-state index in [1.165, 1.54) is 25.3 Å². The third kappa shape index (κ3) is 1.67. The minimum absolute atomic E-state index is 0.0131. The summed E-state index contributed by atoms with van der Waals surface area (Å²) >= 11 is 5.15. The SMILES string of the molecule is COc1c(F)cccc1C(F)Cl. The lowest BCUT2D eigenvalue weighted by atomic mass is 10.2. The molecular formula is C8H7ClF2O. The van der Waals surface area contributed by atoms with Gasteiger partial charge in [-0.25, -0.2) is 8.78 Å². The van der Waals surface area contributed by atoms with Crippen molar-refractivity contribution in [2.45, 2.75) is 5.63 Å². The molecule has 1 nitrogen and oxygen atoms in total. The van der Waals surface area contributed by atoms with Gasteiger partial charge in [0.15, 0.2) is 11.6 Å². The summed E-state index contributed by atoms with van der Waals surface area (Å²) in [6, 6.07) is 3.93. The maximum absolute atomic E-state index is 12.9. The van der Waals surface area contributed by atoms with Gasteiger partial charge in [0.05, 0.1) is 7.11 Å². The normalized spacial score (nSPS) is 12.7. The summed E-state index contributed by atoms with van der Waals surface area (Å²) in [6.07, 6.45) is 0. The van der Waals surface area contributed by atoms with Crippen LogP contribution < -0.4 is 4.74 Å². The van der Waals surface area contributed by atoms with E-state index in [1.54, 1.807) is 0 Å². The third-order valence-electron chi connectivity index (χ3n) is 1.44. The average molecular weight is 193 g/mol. The first-order chi connectivity index (χ1) is 5.66. The van der Waals surface area contributed by atoms with Gasteiger partial charge in [0.1, 0.15) is 0 Å². The molecule has 0 bridgehead atoms. The minimum Gasteiger partial charge on any atom is -0.493 e. The molecular weight excluding hydrogens is 186 g/mol. The first-order valence-corrected chi connectivity index (χ1v) is 3.71. The van der Waals surface area contributed by atoms with Crippen molar-refractivity contribution in [1.82, 2.24) is 0 Å². The molecule has 1 atom stereocenters. The van der Waals surface area contributed by atoms with Gasteiger partial charge in [-0.1, -0.05) is 23.7 Å². The predicted molar refractivity (Wildman–Crippen MR) is 42.7 cm³/mol. The molecule has 0 amide bonds. The summed E-state index contributed by atoms with van der Waals surface area (Å²) < 4.78 is 30.1. The van der Waals surface area contributed by atoms with Crippen molar-refractivity contribution in [3.05, 3.63) is 29.6 Å². The van der Waals surface area contributed by atoms with Crippen LogP contribution in [0.15, 0.2) is 18.2 Å². The van der Waals surface area contributed by atoms with Crippen LogP contribution in [0.25, 0.3) is 0 Å². The molecule has 0 fully saturated rings. The highest BCUT2D eigenvalue weighted by molar-refractivity contribution is 6.20. The summed E-state index contributed by atoms with van der Waals surface area (Å²) in [5.74, 6) is -0.752. The average Bonchev–Trinajstić information content (AvgIpc) is 2.03. The molecule has 0 heterocycles. The fraction of sp³-hybridized carbons (Fsp3) is 0.250. The van der Waals surface area contributed by atoms with Crippen LogP contribution in [0.5, 0.6) is 5.75 Å². The number of methoxy groups -OCH3 is 1. The summed E-state index contributed by atoms with van der Waals surface area (Å²) in [4.78, 5) is 0. The Labute approximate surface area is 73.9 Å². The van der Waals surface area contributed by atoms with Gasteiger partial charge in [-0.2, -0.15) is 0 Å². The Balaban J connectivity index is 3.18. The second kappa shape index (κ2) is 3.72. The number of ether oxygens (including phenoxy) is 1. The fourth-order valence-electron chi connectivity index (χ4n) is 0.913. The van der Waals surface area contributed by atoms with Crippen LogP contribution in [-0.4, -0.2) is 7.11 Å². The highest BCUT2D eigenvalue weighted by atomic mass is 35.5. The van der Waals surface area contributed by atoms with E-state index < -0.39 is 11.4 Å². The van der Waals surface area contributed by atoms with Crippen molar-refractivity contribution in [2.24, 2.45) is 0 Å². The third-order valence-corrected chi connectivity index (χ3v) is 1.67. The van der Waals surface area contributed by atoms with Crippen LogP contribution in [0.4, 0.5) is 8.78 Å². The molecule has 0 spiro atoms. The molecule has 0 aliphatic carbocycles. The van der Waals surface area contributed by atoms with Crippen LogP contribution in [0, 0.1) is 5.82 Å². The molecule has 1 aromatic rings. The Bertz CT molecular complexity index is 276. The highest BCUT2D eigenvalue weighted by Crippen LogP contribution is 2.32. The minimum atomic E-state index is -1.74. The number of hydrogen-bond acceptors (Lipinski definition) is 1. The number of alkyl halides is 2. The zero-order valence-corrected chi connectivity index (χ0v) is 7.11. The summed E-state index contributed by atoms with van der Waals surface area (Å²) in [7, 11) is 1.27. The van der Waals surface area contributed by atoms with Gasteiger partial charge < -0.3 is 4.74 Å². The van der Waals surface area contributed by atoms with E-state index in [4.69, 9.17) is 11.6 Å². The van der Waals surface area contributed by atoms with Crippen molar-refractivity contribution in [3.63, 3.8) is 0 Å². The van der Waals surface area contributed by atoms with Crippen molar-refractivity contribution >= 4 is 11.6 Å². The molecule has 12 heavy (non-hydrogen) atoms. The first-order valence-electron chi connectivity index (χ1n) is 3.27. The van der Waals surface area contributed by atoms with Crippen LogP contribution in [-0.2, 0) is 0 Å². The zero-order valence-electron chi connectivity index (χ0n) is 6.35. The molecule has 1 rings (SSSR count). The Hall–Kier alpha value is -0.830. The fourth-order valence-corrected chi connectivity index (χ4v) is 1.08. The van der Waals surface area contributed by atoms with Crippen molar-refractivity contribution in [1.29, 1.82) is 0 Å². The number of halogens is 3. The maximum Gasteiger partial charge on any atom is 0.202 e. The molecule has 4 heteroatoms. The summed E-state index contributed by atoms with van der Waals surface area (Å²) in [5, 5.41) is 0. The van der Waals surface area contributed by atoms with E-state index >= 15 is 0 Å². The number of rotatable bonds is 2. The number of para-hydroxylation sites is 1. The molecule has 1 unspecified atom stereocenters. The predicted octanol–water partition coefficient (Wildman–Crippen LogP) is 3.04. The molecule has 0 aliphatic heterocycles. The second-order valence-corrected chi connectivity index (χ2v) is 2.55. The van der Waals surface area contributed by atoms with E-state index in [2.05, 4.69) is 4.74 Å². The van der Waals surface area contributed by atoms with Gasteiger partial charge in [-0.15, -0.1) is 0 Å². The Morgan fingerprint density at radius 3 is 2.58 bits per heavy atom. The van der Waals surface area contributed by atoms with Crippen LogP contribution in [0.2, 0.25) is 0 Å². The van der Waals surface area contributed by atoms with E-state index in [9.17, 15) is 8.78 Å². The Morgan fingerprint density at radius 1 is 1.50 bits per heavy atom. The Morgan fingerprint density at radius 2 is 2.17 bits per heavy atom. The molecule has 0 saturated heterocycles. The lowest BCUT2D eigenvalue weighted by molar-refractivity contribution is 0.365. The van der Waals surface area contributed by atoms with Crippen molar-refractivity contribution in [3.8, 4) is 5.75 Å². The van der Waals surface area contributed by atoms with Gasteiger partial charge in [-0.3, -0.25) is 0 Å². The van der Waals surface area contributed by atoms with E-state index in [0.717, 1.165) is 0 Å². The van der Waals surface area contributed by atoms with Gasteiger partial charge >= 0.3 is 0 Å². The molecule has 66 valence electrons. The van der Waals surface area contributed by atoms with Gasteiger partial charge in [0, 0.05) is 5.56 Å². The Kier molecular flexibility index (Phi) is 2.87. The van der Waals surface area contributed by atoms with Gasteiger partial charge in [-0.05, 0) is 6.07 Å². The summed E-state index contributed by atoms with van der Waals surface area (Å²) in [6.45, 7) is 0. The molecule has 0 N–H and O–H groups in total. The quantitative estimate of drug-likeness (QED) is 0.655. The van der Waals surface area contributed by atoms with Crippen molar-refractivity contribution in [2.75, 3.05) is 7.11 Å². The van der Waals surface area contributed by atoms with Crippen LogP contribution in [0.1, 0.15) is 11.2 Å². The number of benzene rings is 1. The van der Waals surface area contributed by atoms with E-state index in [1.807, 2.05) is 0 Å². The molecule has 0 saturated carbocycles. The maximum atomic E-state index is 12.9. The largest absolute Gasteiger partial charge is 0.493 e. The van der Waals surface area contributed by atoms with Crippen LogP contribution >= 0.6 is 11.6 Å². The van der Waals surface area contributed by atoms with Gasteiger partial charge in [0.2, 0.25) is 5.63 Å². The van der Waals surface area contributed by atoms with Gasteiger partial charge in [0.25, 0.3) is 0 Å². The molecule has 1 aromatic carbocycles. The highest BCUT2D eigenvalue weighted by Gasteiger charge is 2.14. The smallest absolute Gasteiger partial charge is 0.202 e. The molecule has 0 aromatic heterocycles. The topological polar surface area (TPSA) is 9.23 Å². The molecule has 0 radical (unpaired) electrons. The first kappa shape index (κ1) is 9.26.